The summed E-state index contributed by atoms with van der Waals surface area (Å²) in [5.74, 6) is -3.18. The first kappa shape index (κ1) is 22.8. The van der Waals surface area contributed by atoms with E-state index in [4.69, 9.17) is 9.47 Å². The third kappa shape index (κ3) is 2.56. The van der Waals surface area contributed by atoms with E-state index in [1.165, 1.54) is 0 Å². The molecule has 0 aromatic carbocycles. The zero-order chi connectivity index (χ0) is 26.2. The zero-order valence-electron chi connectivity index (χ0n) is 20.5. The van der Waals surface area contributed by atoms with Crippen molar-refractivity contribution in [3.8, 4) is 0 Å². The summed E-state index contributed by atoms with van der Waals surface area (Å²) in [6.07, 6.45) is 3.14. The van der Waals surface area contributed by atoms with Gasteiger partial charge in [-0.15, -0.1) is 0 Å². The summed E-state index contributed by atoms with van der Waals surface area (Å²) in [6, 6.07) is 0. The summed E-state index contributed by atoms with van der Waals surface area (Å²) < 4.78 is 11.5. The minimum Gasteiger partial charge on any atom is -0.457 e. The first-order chi connectivity index (χ1) is 17.5. The van der Waals surface area contributed by atoms with Crippen LogP contribution in [0.1, 0.15) is 38.5 Å². The van der Waals surface area contributed by atoms with Crippen LogP contribution < -0.4 is 0 Å². The first-order valence-corrected chi connectivity index (χ1v) is 13.0. The molecule has 2 saturated heterocycles. The van der Waals surface area contributed by atoms with Crippen LogP contribution in [0.3, 0.4) is 0 Å². The molecule has 7 nitrogen and oxygen atoms in total. The maximum absolute atomic E-state index is 14.1. The van der Waals surface area contributed by atoms with Gasteiger partial charge in [-0.1, -0.05) is 26.3 Å². The molecule has 0 radical (unpaired) electrons. The van der Waals surface area contributed by atoms with Gasteiger partial charge in [0.15, 0.2) is 11.6 Å². The maximum atomic E-state index is 14.1. The van der Waals surface area contributed by atoms with E-state index >= 15 is 0 Å². The Labute approximate surface area is 214 Å². The largest absolute Gasteiger partial charge is 0.457 e. The van der Waals surface area contributed by atoms with Crippen molar-refractivity contribution in [1.82, 2.24) is 0 Å². The molecule has 0 aromatic heterocycles. The van der Waals surface area contributed by atoms with Gasteiger partial charge in [0, 0.05) is 57.0 Å². The van der Waals surface area contributed by atoms with E-state index in [1.54, 1.807) is 6.08 Å². The van der Waals surface area contributed by atoms with Crippen LogP contribution >= 0.6 is 0 Å². The van der Waals surface area contributed by atoms with Crippen molar-refractivity contribution in [2.75, 3.05) is 0 Å². The number of esters is 2. The van der Waals surface area contributed by atoms with Crippen LogP contribution in [0.15, 0.2) is 71.4 Å². The summed E-state index contributed by atoms with van der Waals surface area (Å²) in [7, 11) is 0. The topological polar surface area (TPSA) is 107 Å². The van der Waals surface area contributed by atoms with Crippen LogP contribution in [0, 0.1) is 29.1 Å². The molecule has 5 aliphatic carbocycles. The fourth-order valence-electron chi connectivity index (χ4n) is 8.55. The number of carbonyl (C=O) groups is 4. The van der Waals surface area contributed by atoms with Crippen LogP contribution in [-0.4, -0.2) is 46.4 Å². The van der Waals surface area contributed by atoms with Gasteiger partial charge >= 0.3 is 11.9 Å². The lowest BCUT2D eigenvalue weighted by Gasteiger charge is -2.47. The molecule has 37 heavy (non-hydrogen) atoms. The highest BCUT2D eigenvalue weighted by molar-refractivity contribution is 6.15. The lowest BCUT2D eigenvalue weighted by Crippen LogP contribution is -2.44. The van der Waals surface area contributed by atoms with E-state index in [2.05, 4.69) is 26.3 Å². The maximum Gasteiger partial charge on any atom is 0.334 e. The van der Waals surface area contributed by atoms with Gasteiger partial charge in [-0.25, -0.2) is 9.59 Å². The minimum atomic E-state index is -1.24. The van der Waals surface area contributed by atoms with Crippen LogP contribution in [0.2, 0.25) is 0 Å². The predicted octanol–water partition coefficient (Wildman–Crippen LogP) is 3.01. The summed E-state index contributed by atoms with van der Waals surface area (Å²) in [5, 5.41) is 12.1. The zero-order valence-corrected chi connectivity index (χ0v) is 20.5. The van der Waals surface area contributed by atoms with Crippen LogP contribution in [-0.2, 0) is 28.7 Å². The summed E-state index contributed by atoms with van der Waals surface area (Å²) in [4.78, 5) is 52.1. The number of aliphatic hydroxyl groups is 1. The number of ketones is 2. The van der Waals surface area contributed by atoms with Gasteiger partial charge in [0.1, 0.15) is 12.2 Å². The molecule has 2 aliphatic heterocycles. The number of Topliss-reactive ketones (excluding diaryl/α,β-unsaturated/α-hetero) is 1. The van der Waals surface area contributed by atoms with Gasteiger partial charge in [0.05, 0.1) is 5.60 Å². The van der Waals surface area contributed by atoms with Crippen molar-refractivity contribution in [3.05, 3.63) is 71.4 Å². The van der Waals surface area contributed by atoms with Crippen molar-refractivity contribution >= 4 is 23.5 Å². The molecule has 1 N–H and O–H groups in total. The molecule has 7 aliphatic rings. The molecule has 0 unspecified atom stereocenters. The van der Waals surface area contributed by atoms with Gasteiger partial charge in [0.25, 0.3) is 0 Å². The van der Waals surface area contributed by atoms with Crippen molar-refractivity contribution in [3.63, 3.8) is 0 Å². The molecule has 4 fully saturated rings. The number of rotatable bonds is 0. The third-order valence-electron chi connectivity index (χ3n) is 10.4. The molecule has 2 heterocycles. The minimum absolute atomic E-state index is 0.234. The van der Waals surface area contributed by atoms with Crippen molar-refractivity contribution in [2.24, 2.45) is 29.1 Å². The second-order valence-electron chi connectivity index (χ2n) is 11.8. The van der Waals surface area contributed by atoms with Crippen LogP contribution in [0.5, 0.6) is 0 Å². The van der Waals surface area contributed by atoms with E-state index < -0.39 is 47.0 Å². The van der Waals surface area contributed by atoms with Crippen molar-refractivity contribution < 1.29 is 33.8 Å². The SMILES string of the molecule is C=C1C(=O)C=C2[C@H]1[C@H]1OC(=O)C(=C)[C@@H]1CC[C@]21CC[C@@]2(O)CC[C@H]3C(=C)C(=O)O[C@@H]3[C@H]3C(=C)C(=O)C1=C32. The Hall–Kier alpha value is -3.32. The molecule has 8 atom stereocenters. The van der Waals surface area contributed by atoms with Gasteiger partial charge < -0.3 is 14.6 Å². The number of fused-ring (bicyclic) bond motifs is 7. The van der Waals surface area contributed by atoms with Crippen LogP contribution in [0.25, 0.3) is 0 Å². The Morgan fingerprint density at radius 1 is 0.757 bits per heavy atom. The molecule has 0 amide bonds. The fourth-order valence-corrected chi connectivity index (χ4v) is 8.55. The summed E-state index contributed by atoms with van der Waals surface area (Å²) in [5.41, 5.74) is 1.15. The first-order valence-electron chi connectivity index (χ1n) is 13.0. The Morgan fingerprint density at radius 2 is 1.35 bits per heavy atom. The highest BCUT2D eigenvalue weighted by Gasteiger charge is 2.65. The standard InChI is InChI=1S/C30H28O7/c1-12-16-5-7-29(18-11-19(31)14(3)20(18)25(16)36-27(12)33)9-10-30(35)8-6-17-13(2)28(34)37-26(17)21-15(4)24(32)23(29)22(21)30/h11,16-17,20-21,25-26,35H,1-10H2/t16-,17-,20-,21-,25-,26-,29-,30-/m0/s1. The molecule has 2 saturated carbocycles. The second kappa shape index (κ2) is 6.95. The molecular weight excluding hydrogens is 472 g/mol. The summed E-state index contributed by atoms with van der Waals surface area (Å²) >= 11 is 0. The highest BCUT2D eigenvalue weighted by Crippen LogP contribution is 2.66. The van der Waals surface area contributed by atoms with Gasteiger partial charge in [0.2, 0.25) is 0 Å². The summed E-state index contributed by atoms with van der Waals surface area (Å²) in [6.45, 7) is 16.1. The molecule has 7 heteroatoms. The molecule has 7 rings (SSSR count). The fraction of sp³-hybridized carbons (Fsp3) is 0.467. The van der Waals surface area contributed by atoms with E-state index in [9.17, 15) is 24.3 Å². The molecule has 0 bridgehead atoms. The van der Waals surface area contributed by atoms with Crippen LogP contribution in [0.4, 0.5) is 0 Å². The quantitative estimate of drug-likeness (QED) is 0.403. The Morgan fingerprint density at radius 3 is 2.00 bits per heavy atom. The smallest absolute Gasteiger partial charge is 0.334 e. The molecular formula is C30H28O7. The average molecular weight is 501 g/mol. The molecule has 0 aromatic rings. The van der Waals surface area contributed by atoms with E-state index in [1.807, 2.05) is 0 Å². The number of hydrogen-bond donors (Lipinski definition) is 1. The Bertz CT molecular complexity index is 1390. The molecule has 1 spiro atoms. The Kier molecular flexibility index (Phi) is 4.29. The van der Waals surface area contributed by atoms with E-state index in [-0.39, 0.29) is 23.4 Å². The van der Waals surface area contributed by atoms with E-state index in [0.29, 0.717) is 72.0 Å². The lowest BCUT2D eigenvalue weighted by atomic mass is 9.58. The third-order valence-corrected chi connectivity index (χ3v) is 10.4. The Balaban J connectivity index is 1.46. The predicted molar refractivity (Wildman–Crippen MR) is 130 cm³/mol. The number of ether oxygens (including phenoxy) is 2. The number of carbonyl (C=O) groups excluding carboxylic acids is 4. The lowest BCUT2D eigenvalue weighted by molar-refractivity contribution is -0.141. The number of allylic oxidation sites excluding steroid dienone is 2. The van der Waals surface area contributed by atoms with Crippen molar-refractivity contribution in [1.29, 1.82) is 0 Å². The van der Waals surface area contributed by atoms with Gasteiger partial charge in [-0.05, 0) is 55.7 Å². The average Bonchev–Trinajstić information content (AvgIpc) is 3.45. The molecule has 190 valence electrons. The van der Waals surface area contributed by atoms with E-state index in [0.717, 1.165) is 5.57 Å². The highest BCUT2D eigenvalue weighted by atomic mass is 16.6. The van der Waals surface area contributed by atoms with Gasteiger partial charge in [-0.3, -0.25) is 9.59 Å². The normalized spacial score (nSPS) is 44.3. The van der Waals surface area contributed by atoms with Gasteiger partial charge in [-0.2, -0.15) is 0 Å². The monoisotopic (exact) mass is 500 g/mol. The van der Waals surface area contributed by atoms with Crippen molar-refractivity contribution in [2.45, 2.75) is 56.3 Å². The second-order valence-corrected chi connectivity index (χ2v) is 11.8. The number of hydrogen-bond acceptors (Lipinski definition) is 7.